The van der Waals surface area contributed by atoms with Crippen LogP contribution in [0.3, 0.4) is 0 Å². The number of hydrogen-bond acceptors (Lipinski definition) is 5. The van der Waals surface area contributed by atoms with Crippen molar-refractivity contribution in [3.05, 3.63) is 77.9 Å². The maximum atomic E-state index is 12.1. The van der Waals surface area contributed by atoms with E-state index in [0.29, 0.717) is 17.9 Å². The summed E-state index contributed by atoms with van der Waals surface area (Å²) in [4.78, 5) is 24.1. The predicted molar refractivity (Wildman–Crippen MR) is 112 cm³/mol. The summed E-state index contributed by atoms with van der Waals surface area (Å²) in [5, 5.41) is 2.08. The summed E-state index contributed by atoms with van der Waals surface area (Å²) in [6.45, 7) is 2.14. The second kappa shape index (κ2) is 9.55. The second-order valence-electron chi connectivity index (χ2n) is 6.29. The Labute approximate surface area is 169 Å². The first kappa shape index (κ1) is 20.1. The molecule has 0 bridgehead atoms. The van der Waals surface area contributed by atoms with Crippen LogP contribution < -0.4 is 9.47 Å². The van der Waals surface area contributed by atoms with Crippen molar-refractivity contribution in [2.45, 2.75) is 6.92 Å². The van der Waals surface area contributed by atoms with Crippen molar-refractivity contribution in [1.82, 2.24) is 0 Å². The lowest BCUT2D eigenvalue weighted by atomic mass is 10.1. The van der Waals surface area contributed by atoms with E-state index in [1.165, 1.54) is 6.08 Å². The first-order valence-corrected chi connectivity index (χ1v) is 9.27. The number of fused-ring (bicyclic) bond motifs is 1. The highest BCUT2D eigenvalue weighted by Crippen LogP contribution is 2.22. The van der Waals surface area contributed by atoms with E-state index >= 15 is 0 Å². The maximum absolute atomic E-state index is 12.1. The Morgan fingerprint density at radius 3 is 2.31 bits per heavy atom. The van der Waals surface area contributed by atoms with E-state index in [-0.39, 0.29) is 12.4 Å². The minimum absolute atomic E-state index is 0.269. The number of rotatable bonds is 8. The molecule has 0 amide bonds. The van der Waals surface area contributed by atoms with Crippen molar-refractivity contribution in [3.8, 4) is 11.5 Å². The largest absolute Gasteiger partial charge is 0.497 e. The average molecular weight is 390 g/mol. The molecule has 0 fully saturated rings. The molecule has 3 rings (SSSR count). The van der Waals surface area contributed by atoms with Gasteiger partial charge in [-0.15, -0.1) is 0 Å². The van der Waals surface area contributed by atoms with Gasteiger partial charge in [0.25, 0.3) is 0 Å². The van der Waals surface area contributed by atoms with Gasteiger partial charge < -0.3 is 14.2 Å². The maximum Gasteiger partial charge on any atom is 0.331 e. The lowest BCUT2D eigenvalue weighted by Gasteiger charge is -2.05. The molecule has 0 aliphatic carbocycles. The Morgan fingerprint density at radius 1 is 0.897 bits per heavy atom. The van der Waals surface area contributed by atoms with E-state index in [1.54, 1.807) is 37.5 Å². The number of Topliss-reactive ketones (excluding diaryl/α,β-unsaturated/α-hetero) is 1. The molecule has 0 heterocycles. The van der Waals surface area contributed by atoms with Crippen LogP contribution in [0.25, 0.3) is 16.8 Å². The summed E-state index contributed by atoms with van der Waals surface area (Å²) in [6, 6.07) is 18.3. The van der Waals surface area contributed by atoms with Crippen molar-refractivity contribution in [2.75, 3.05) is 20.3 Å². The zero-order valence-electron chi connectivity index (χ0n) is 16.4. The number of ketones is 1. The molecule has 0 aliphatic heterocycles. The molecule has 0 saturated carbocycles. The van der Waals surface area contributed by atoms with Crippen molar-refractivity contribution >= 4 is 28.6 Å². The number of hydrogen-bond donors (Lipinski definition) is 0. The zero-order chi connectivity index (χ0) is 20.6. The van der Waals surface area contributed by atoms with E-state index in [4.69, 9.17) is 14.2 Å². The molecule has 148 valence electrons. The van der Waals surface area contributed by atoms with Crippen molar-refractivity contribution < 1.29 is 23.8 Å². The van der Waals surface area contributed by atoms with E-state index in [1.807, 2.05) is 43.3 Å². The molecule has 3 aromatic carbocycles. The molecular weight excluding hydrogens is 368 g/mol. The fourth-order valence-corrected chi connectivity index (χ4v) is 2.81. The third-order valence-electron chi connectivity index (χ3n) is 4.32. The summed E-state index contributed by atoms with van der Waals surface area (Å²) in [5.74, 6) is 0.646. The van der Waals surface area contributed by atoms with Gasteiger partial charge in [-0.2, -0.15) is 0 Å². The minimum Gasteiger partial charge on any atom is -0.497 e. The Morgan fingerprint density at radius 2 is 1.59 bits per heavy atom. The van der Waals surface area contributed by atoms with Gasteiger partial charge in [0, 0.05) is 11.6 Å². The Bertz CT molecular complexity index is 1030. The average Bonchev–Trinajstić information content (AvgIpc) is 2.76. The van der Waals surface area contributed by atoms with Gasteiger partial charge in [0.1, 0.15) is 11.5 Å². The fraction of sp³-hybridized carbons (Fsp3) is 0.167. The summed E-state index contributed by atoms with van der Waals surface area (Å²) < 4.78 is 15.6. The topological polar surface area (TPSA) is 61.8 Å². The van der Waals surface area contributed by atoms with Crippen molar-refractivity contribution in [1.29, 1.82) is 0 Å². The van der Waals surface area contributed by atoms with Gasteiger partial charge in [0.15, 0.2) is 12.4 Å². The highest BCUT2D eigenvalue weighted by atomic mass is 16.5. The number of esters is 1. The molecule has 0 radical (unpaired) electrons. The number of carbonyl (C=O) groups is 2. The summed E-state index contributed by atoms with van der Waals surface area (Å²) in [5.41, 5.74) is 1.33. The van der Waals surface area contributed by atoms with Gasteiger partial charge in [0.05, 0.1) is 13.7 Å². The van der Waals surface area contributed by atoms with Crippen LogP contribution in [-0.4, -0.2) is 32.1 Å². The quantitative estimate of drug-likeness (QED) is 0.317. The van der Waals surface area contributed by atoms with Gasteiger partial charge in [0.2, 0.25) is 0 Å². The van der Waals surface area contributed by atoms with Gasteiger partial charge >= 0.3 is 5.97 Å². The molecule has 0 saturated heterocycles. The van der Waals surface area contributed by atoms with E-state index in [2.05, 4.69) is 0 Å². The predicted octanol–water partition coefficient (Wildman–Crippen LogP) is 4.69. The number of benzene rings is 3. The van der Waals surface area contributed by atoms with E-state index in [0.717, 1.165) is 22.1 Å². The number of ether oxygens (including phenoxy) is 3. The monoisotopic (exact) mass is 390 g/mol. The molecule has 0 N–H and O–H groups in total. The Hall–Kier alpha value is -3.60. The van der Waals surface area contributed by atoms with Gasteiger partial charge in [-0.05, 0) is 71.8 Å². The molecule has 29 heavy (non-hydrogen) atoms. The molecule has 0 atom stereocenters. The van der Waals surface area contributed by atoms with Crippen molar-refractivity contribution in [2.24, 2.45) is 0 Å². The van der Waals surface area contributed by atoms with Gasteiger partial charge in [-0.25, -0.2) is 4.79 Å². The molecule has 0 aliphatic rings. The first-order chi connectivity index (χ1) is 14.1. The first-order valence-electron chi connectivity index (χ1n) is 9.27. The third kappa shape index (κ3) is 5.45. The summed E-state index contributed by atoms with van der Waals surface area (Å²) in [7, 11) is 1.63. The molecular formula is C24H22O5. The molecule has 5 heteroatoms. The van der Waals surface area contributed by atoms with E-state index in [9.17, 15) is 9.59 Å². The highest BCUT2D eigenvalue weighted by molar-refractivity contribution is 5.99. The van der Waals surface area contributed by atoms with Crippen LogP contribution in [0.5, 0.6) is 11.5 Å². The van der Waals surface area contributed by atoms with Crippen LogP contribution in [-0.2, 0) is 9.53 Å². The standard InChI is InChI=1S/C24H22O5/c1-3-28-21-10-7-18(8-11-21)23(25)16-29-24(26)13-5-17-4-6-20-15-22(27-2)12-9-19(20)14-17/h4-15H,3,16H2,1-2H3/b13-5+. The van der Waals surface area contributed by atoms with Crippen LogP contribution in [0.4, 0.5) is 0 Å². The molecule has 0 aromatic heterocycles. The van der Waals surface area contributed by atoms with Crippen LogP contribution in [0.15, 0.2) is 66.7 Å². The molecule has 5 nitrogen and oxygen atoms in total. The van der Waals surface area contributed by atoms with Crippen LogP contribution >= 0.6 is 0 Å². The van der Waals surface area contributed by atoms with Gasteiger partial charge in [-0.3, -0.25) is 4.79 Å². The molecule has 3 aromatic rings. The smallest absolute Gasteiger partial charge is 0.331 e. The summed E-state index contributed by atoms with van der Waals surface area (Å²) >= 11 is 0. The van der Waals surface area contributed by atoms with Gasteiger partial charge in [-0.1, -0.05) is 18.2 Å². The SMILES string of the molecule is CCOc1ccc(C(=O)COC(=O)/C=C/c2ccc3cc(OC)ccc3c2)cc1. The van der Waals surface area contributed by atoms with Crippen molar-refractivity contribution in [3.63, 3.8) is 0 Å². The Balaban J connectivity index is 1.56. The molecule has 0 unspecified atom stereocenters. The summed E-state index contributed by atoms with van der Waals surface area (Å²) in [6.07, 6.45) is 2.98. The number of methoxy groups -OCH3 is 1. The van der Waals surface area contributed by atoms with Crippen LogP contribution in [0, 0.1) is 0 Å². The zero-order valence-corrected chi connectivity index (χ0v) is 16.4. The second-order valence-corrected chi connectivity index (χ2v) is 6.29. The lowest BCUT2D eigenvalue weighted by molar-refractivity contribution is -0.136. The Kier molecular flexibility index (Phi) is 6.63. The lowest BCUT2D eigenvalue weighted by Crippen LogP contribution is -2.12. The minimum atomic E-state index is -0.570. The fourth-order valence-electron chi connectivity index (χ4n) is 2.81. The van der Waals surface area contributed by atoms with Crippen LogP contribution in [0.1, 0.15) is 22.8 Å². The third-order valence-corrected chi connectivity index (χ3v) is 4.32. The van der Waals surface area contributed by atoms with Crippen LogP contribution in [0.2, 0.25) is 0 Å². The number of carbonyl (C=O) groups excluding carboxylic acids is 2. The normalized spacial score (nSPS) is 10.8. The van der Waals surface area contributed by atoms with E-state index < -0.39 is 5.97 Å². The highest BCUT2D eigenvalue weighted by Gasteiger charge is 2.08. The molecule has 0 spiro atoms.